The number of rotatable bonds is 3. The summed E-state index contributed by atoms with van der Waals surface area (Å²) in [4.78, 5) is 8.67. The van der Waals surface area contributed by atoms with Gasteiger partial charge in [0.1, 0.15) is 5.82 Å². The van der Waals surface area contributed by atoms with Gasteiger partial charge in [-0.3, -0.25) is 9.97 Å². The van der Waals surface area contributed by atoms with E-state index in [0.29, 0.717) is 6.54 Å². The average molecular weight is 327 g/mol. The van der Waals surface area contributed by atoms with E-state index >= 15 is 0 Å². The van der Waals surface area contributed by atoms with Crippen LogP contribution in [0.3, 0.4) is 0 Å². The first-order valence-electron chi connectivity index (χ1n) is 7.86. The predicted molar refractivity (Wildman–Crippen MR) is 97.2 cm³/mol. The summed E-state index contributed by atoms with van der Waals surface area (Å²) in [6.45, 7) is 0.418. The van der Waals surface area contributed by atoms with Gasteiger partial charge in [0.2, 0.25) is 0 Å². The van der Waals surface area contributed by atoms with Crippen molar-refractivity contribution in [3.8, 4) is 34.7 Å². The van der Waals surface area contributed by atoms with Crippen LogP contribution in [0.15, 0.2) is 67.1 Å². The van der Waals surface area contributed by atoms with E-state index in [2.05, 4.69) is 20.5 Å². The molecule has 0 N–H and O–H groups in total. The first kappa shape index (κ1) is 15.1. The molecule has 4 aromatic rings. The number of hydrogen-bond acceptors (Lipinski definition) is 2. The van der Waals surface area contributed by atoms with Crippen molar-refractivity contribution in [2.45, 2.75) is 6.54 Å². The molecular formula is C21H14FN3. The summed E-state index contributed by atoms with van der Waals surface area (Å²) in [6.07, 6.45) is 10.9. The van der Waals surface area contributed by atoms with Crippen LogP contribution >= 0.6 is 0 Å². The Bertz CT molecular complexity index is 1070. The molecule has 25 heavy (non-hydrogen) atoms. The fourth-order valence-corrected chi connectivity index (χ4v) is 3.13. The Morgan fingerprint density at radius 1 is 0.960 bits per heavy atom. The molecule has 3 aromatic heterocycles. The molecule has 1 aromatic carbocycles. The van der Waals surface area contributed by atoms with Crippen molar-refractivity contribution >= 4 is 11.0 Å². The number of benzene rings is 1. The van der Waals surface area contributed by atoms with E-state index in [9.17, 15) is 4.39 Å². The summed E-state index contributed by atoms with van der Waals surface area (Å²) in [5.41, 5.74) is 5.58. The smallest absolute Gasteiger partial charge is 0.123 e. The molecule has 4 heteroatoms. The molecule has 120 valence electrons. The highest BCUT2D eigenvalue weighted by Gasteiger charge is 2.20. The van der Waals surface area contributed by atoms with Gasteiger partial charge in [0.05, 0.1) is 23.3 Å². The number of hydrogen-bond donors (Lipinski definition) is 0. The molecule has 3 heterocycles. The minimum atomic E-state index is -0.269. The fraction of sp³-hybridized carbons (Fsp3) is 0.0476. The first-order valence-corrected chi connectivity index (χ1v) is 7.86. The molecule has 0 fully saturated rings. The van der Waals surface area contributed by atoms with Crippen molar-refractivity contribution in [1.29, 1.82) is 0 Å². The first-order chi connectivity index (χ1) is 12.3. The van der Waals surface area contributed by atoms with Gasteiger partial charge in [-0.05, 0) is 42.0 Å². The van der Waals surface area contributed by atoms with Crippen LogP contribution in [0.1, 0.15) is 0 Å². The highest BCUT2D eigenvalue weighted by Crippen LogP contribution is 2.39. The third-order valence-electron chi connectivity index (χ3n) is 4.16. The standard InChI is InChI=1S/C21H14FN3/c1-2-14-25-18-4-3-11-24-20(18)19(15-5-7-17(22)8-6-15)21(25)16-9-12-23-13-10-16/h1,3-13H,14H2. The number of aromatic nitrogens is 3. The molecule has 0 unspecified atom stereocenters. The van der Waals surface area contributed by atoms with E-state index in [-0.39, 0.29) is 5.82 Å². The largest absolute Gasteiger partial charge is 0.327 e. The zero-order chi connectivity index (χ0) is 17.2. The minimum Gasteiger partial charge on any atom is -0.327 e. The number of nitrogens with zero attached hydrogens (tertiary/aromatic N) is 3. The van der Waals surface area contributed by atoms with Crippen LogP contribution in [0.4, 0.5) is 4.39 Å². The Balaban J connectivity index is 2.13. The molecule has 3 nitrogen and oxygen atoms in total. The number of fused-ring (bicyclic) bond motifs is 1. The molecule has 0 saturated carbocycles. The third-order valence-corrected chi connectivity index (χ3v) is 4.16. The van der Waals surface area contributed by atoms with Crippen LogP contribution in [0.25, 0.3) is 33.4 Å². The Labute approximate surface area is 144 Å². The van der Waals surface area contributed by atoms with Crippen LogP contribution in [-0.4, -0.2) is 14.5 Å². The molecule has 0 spiro atoms. The lowest BCUT2D eigenvalue weighted by Crippen LogP contribution is -1.98. The van der Waals surface area contributed by atoms with Gasteiger partial charge in [-0.25, -0.2) is 4.39 Å². The number of terminal acetylenes is 1. The fourth-order valence-electron chi connectivity index (χ4n) is 3.13. The van der Waals surface area contributed by atoms with E-state index in [1.54, 1.807) is 30.7 Å². The van der Waals surface area contributed by atoms with Gasteiger partial charge in [0, 0.05) is 29.7 Å². The summed E-state index contributed by atoms with van der Waals surface area (Å²) >= 11 is 0. The van der Waals surface area contributed by atoms with E-state index in [4.69, 9.17) is 6.42 Å². The quantitative estimate of drug-likeness (QED) is 0.517. The van der Waals surface area contributed by atoms with E-state index in [1.165, 1.54) is 12.1 Å². The summed E-state index contributed by atoms with van der Waals surface area (Å²) in [6, 6.07) is 14.2. The predicted octanol–water partition coefficient (Wildman–Crippen LogP) is 4.54. The van der Waals surface area contributed by atoms with Crippen molar-refractivity contribution in [3.63, 3.8) is 0 Å². The van der Waals surface area contributed by atoms with Crippen LogP contribution in [0.2, 0.25) is 0 Å². The SMILES string of the molecule is C#CCn1c(-c2ccncc2)c(-c2ccc(F)cc2)c2ncccc21. The van der Waals surface area contributed by atoms with Crippen LogP contribution in [0, 0.1) is 18.2 Å². The summed E-state index contributed by atoms with van der Waals surface area (Å²) in [7, 11) is 0. The van der Waals surface area contributed by atoms with E-state index in [1.807, 2.05) is 24.3 Å². The van der Waals surface area contributed by atoms with Crippen molar-refractivity contribution in [2.24, 2.45) is 0 Å². The van der Waals surface area contributed by atoms with Gasteiger partial charge in [0.25, 0.3) is 0 Å². The van der Waals surface area contributed by atoms with E-state index < -0.39 is 0 Å². The van der Waals surface area contributed by atoms with Gasteiger partial charge in [-0.2, -0.15) is 0 Å². The topological polar surface area (TPSA) is 30.7 Å². The zero-order valence-corrected chi connectivity index (χ0v) is 13.4. The van der Waals surface area contributed by atoms with Crippen molar-refractivity contribution in [2.75, 3.05) is 0 Å². The third kappa shape index (κ3) is 2.56. The molecule has 0 aliphatic heterocycles. The highest BCUT2D eigenvalue weighted by molar-refractivity contribution is 6.02. The van der Waals surface area contributed by atoms with Crippen LogP contribution in [-0.2, 0) is 6.54 Å². The van der Waals surface area contributed by atoms with Crippen molar-refractivity contribution < 1.29 is 4.39 Å². The second-order valence-electron chi connectivity index (χ2n) is 5.63. The maximum absolute atomic E-state index is 13.4. The highest BCUT2D eigenvalue weighted by atomic mass is 19.1. The molecule has 0 amide bonds. The van der Waals surface area contributed by atoms with Gasteiger partial charge in [-0.1, -0.05) is 18.1 Å². The van der Waals surface area contributed by atoms with E-state index in [0.717, 1.165) is 33.4 Å². The van der Waals surface area contributed by atoms with Gasteiger partial charge in [-0.15, -0.1) is 6.42 Å². The molecule has 0 aliphatic rings. The number of halogens is 1. The summed E-state index contributed by atoms with van der Waals surface area (Å²) in [5, 5.41) is 0. The normalized spacial score (nSPS) is 10.7. The Morgan fingerprint density at radius 2 is 1.72 bits per heavy atom. The summed E-state index contributed by atoms with van der Waals surface area (Å²) < 4.78 is 15.5. The van der Waals surface area contributed by atoms with Crippen molar-refractivity contribution in [1.82, 2.24) is 14.5 Å². The van der Waals surface area contributed by atoms with Gasteiger partial charge >= 0.3 is 0 Å². The lowest BCUT2D eigenvalue weighted by Gasteiger charge is -2.10. The number of pyridine rings is 2. The molecule has 4 rings (SSSR count). The van der Waals surface area contributed by atoms with Crippen LogP contribution in [0.5, 0.6) is 0 Å². The monoisotopic (exact) mass is 327 g/mol. The molecule has 0 aliphatic carbocycles. The molecule has 0 saturated heterocycles. The lowest BCUT2D eigenvalue weighted by molar-refractivity contribution is 0.628. The molecular weight excluding hydrogens is 313 g/mol. The van der Waals surface area contributed by atoms with Crippen LogP contribution < -0.4 is 0 Å². The molecule has 0 bridgehead atoms. The molecule has 0 radical (unpaired) electrons. The lowest BCUT2D eigenvalue weighted by atomic mass is 10.0. The molecule has 0 atom stereocenters. The average Bonchev–Trinajstić information content (AvgIpc) is 2.98. The Hall–Kier alpha value is -3.45. The maximum Gasteiger partial charge on any atom is 0.123 e. The Kier molecular flexibility index (Phi) is 3.75. The van der Waals surface area contributed by atoms with Gasteiger partial charge < -0.3 is 4.57 Å². The van der Waals surface area contributed by atoms with Crippen molar-refractivity contribution in [3.05, 3.63) is 72.9 Å². The maximum atomic E-state index is 13.4. The summed E-state index contributed by atoms with van der Waals surface area (Å²) in [5.74, 6) is 2.45. The second-order valence-corrected chi connectivity index (χ2v) is 5.63. The van der Waals surface area contributed by atoms with Gasteiger partial charge in [0.15, 0.2) is 0 Å². The minimum absolute atomic E-state index is 0.269. The zero-order valence-electron chi connectivity index (χ0n) is 13.4. The Morgan fingerprint density at radius 3 is 2.44 bits per heavy atom. The second kappa shape index (κ2) is 6.21.